The normalized spacial score (nSPS) is 23.2. The molecule has 0 spiro atoms. The zero-order chi connectivity index (χ0) is 31.3. The molecule has 1 fully saturated rings. The summed E-state index contributed by atoms with van der Waals surface area (Å²) in [5.41, 5.74) is 4.68. The van der Waals surface area contributed by atoms with E-state index < -0.39 is 17.9 Å². The van der Waals surface area contributed by atoms with Crippen molar-refractivity contribution in [3.63, 3.8) is 0 Å². The van der Waals surface area contributed by atoms with Crippen LogP contribution in [0.4, 0.5) is 19.4 Å². The van der Waals surface area contributed by atoms with Gasteiger partial charge in [-0.1, -0.05) is 0 Å². The Balaban J connectivity index is 1.31. The van der Waals surface area contributed by atoms with Crippen molar-refractivity contribution in [1.82, 2.24) is 29.4 Å². The summed E-state index contributed by atoms with van der Waals surface area (Å²) in [6.45, 7) is 10.2. The Morgan fingerprint density at radius 2 is 1.80 bits per heavy atom. The minimum Gasteiger partial charge on any atom is -0.444 e. The zero-order valence-electron chi connectivity index (χ0n) is 26.6. The number of piperidine rings is 1. The van der Waals surface area contributed by atoms with Crippen LogP contribution >= 0.6 is 0 Å². The maximum absolute atomic E-state index is 14.6. The molecule has 10 nitrogen and oxygen atoms in total. The Labute approximate surface area is 258 Å². The molecule has 240 valence electrons. The minimum atomic E-state index is -2.45. The van der Waals surface area contributed by atoms with Gasteiger partial charge in [0.15, 0.2) is 5.82 Å². The Morgan fingerprint density at radius 3 is 2.43 bits per heavy atom. The summed E-state index contributed by atoms with van der Waals surface area (Å²) >= 11 is 0. The van der Waals surface area contributed by atoms with Crippen molar-refractivity contribution in [2.75, 3.05) is 31.1 Å². The van der Waals surface area contributed by atoms with E-state index >= 15 is 0 Å². The molecule has 2 atom stereocenters. The van der Waals surface area contributed by atoms with Gasteiger partial charge >= 0.3 is 6.09 Å². The van der Waals surface area contributed by atoms with Crippen LogP contribution in [0, 0.1) is 5.92 Å². The molecule has 6 rings (SSSR count). The summed E-state index contributed by atoms with van der Waals surface area (Å²) in [5, 5.41) is 9.51. The Hall–Kier alpha value is -3.44. The quantitative estimate of drug-likeness (QED) is 0.459. The van der Waals surface area contributed by atoms with Gasteiger partial charge in [-0.2, -0.15) is 10.2 Å². The summed E-state index contributed by atoms with van der Waals surface area (Å²) in [6.07, 6.45) is 5.74. The number of allylic oxidation sites excluding steroid dienone is 2. The van der Waals surface area contributed by atoms with E-state index in [1.54, 1.807) is 22.7 Å². The first kappa shape index (κ1) is 30.6. The fourth-order valence-electron chi connectivity index (χ4n) is 7.51. The number of aromatic nitrogens is 4. The Kier molecular flexibility index (Phi) is 8.21. The molecule has 2 aromatic rings. The van der Waals surface area contributed by atoms with E-state index in [9.17, 15) is 18.4 Å². The molecular formula is C32H45F2N7O3. The van der Waals surface area contributed by atoms with Crippen molar-refractivity contribution in [2.45, 2.75) is 103 Å². The lowest BCUT2D eigenvalue weighted by molar-refractivity contribution is -0.129. The molecule has 0 aromatic carbocycles. The number of aryl methyl sites for hydroxylation is 1. The molecule has 2 aromatic heterocycles. The maximum atomic E-state index is 14.6. The van der Waals surface area contributed by atoms with Crippen LogP contribution in [0.25, 0.3) is 0 Å². The largest absolute Gasteiger partial charge is 0.444 e. The third kappa shape index (κ3) is 5.96. The number of anilines is 1. The first-order valence-corrected chi connectivity index (χ1v) is 16.0. The van der Waals surface area contributed by atoms with Gasteiger partial charge in [0.25, 0.3) is 0 Å². The van der Waals surface area contributed by atoms with E-state index in [0.717, 1.165) is 54.0 Å². The molecule has 0 radical (unpaired) electrons. The van der Waals surface area contributed by atoms with Crippen molar-refractivity contribution in [3.8, 4) is 0 Å². The van der Waals surface area contributed by atoms with E-state index in [0.29, 0.717) is 52.0 Å². The second kappa shape index (κ2) is 11.8. The van der Waals surface area contributed by atoms with Gasteiger partial charge in [0.2, 0.25) is 12.3 Å². The van der Waals surface area contributed by atoms with Crippen LogP contribution in [0.2, 0.25) is 0 Å². The number of hydrogen-bond acceptors (Lipinski definition) is 6. The van der Waals surface area contributed by atoms with Crippen LogP contribution < -0.4 is 4.90 Å². The molecule has 44 heavy (non-hydrogen) atoms. The predicted octanol–water partition coefficient (Wildman–Crippen LogP) is 5.41. The number of ether oxygens (including phenoxy) is 1. The first-order valence-electron chi connectivity index (χ1n) is 16.0. The minimum absolute atomic E-state index is 0.0216. The monoisotopic (exact) mass is 613 g/mol. The number of alkyl halides is 2. The van der Waals surface area contributed by atoms with E-state index in [2.05, 4.69) is 14.7 Å². The summed E-state index contributed by atoms with van der Waals surface area (Å²) in [4.78, 5) is 31.0. The summed E-state index contributed by atoms with van der Waals surface area (Å²) < 4.78 is 38.7. The highest BCUT2D eigenvalue weighted by Crippen LogP contribution is 2.48. The van der Waals surface area contributed by atoms with Crippen molar-refractivity contribution >= 4 is 17.8 Å². The number of fused-ring (bicyclic) bond motifs is 1. The summed E-state index contributed by atoms with van der Waals surface area (Å²) in [7, 11) is 1.82. The maximum Gasteiger partial charge on any atom is 0.410 e. The highest BCUT2D eigenvalue weighted by Gasteiger charge is 2.42. The molecule has 0 bridgehead atoms. The topological polar surface area (TPSA) is 88.7 Å². The molecule has 0 N–H and O–H groups in total. The van der Waals surface area contributed by atoms with E-state index in [1.165, 1.54) is 5.57 Å². The van der Waals surface area contributed by atoms with Crippen LogP contribution in [0.3, 0.4) is 0 Å². The number of carbonyl (C=O) groups is 2. The van der Waals surface area contributed by atoms with Crippen molar-refractivity contribution in [3.05, 3.63) is 40.5 Å². The fraction of sp³-hybridized carbons (Fsp3) is 0.688. The van der Waals surface area contributed by atoms with Gasteiger partial charge in [0.1, 0.15) is 5.60 Å². The van der Waals surface area contributed by atoms with E-state index in [1.807, 2.05) is 38.9 Å². The van der Waals surface area contributed by atoms with E-state index in [4.69, 9.17) is 9.84 Å². The van der Waals surface area contributed by atoms with Gasteiger partial charge in [-0.25, -0.2) is 13.6 Å². The molecule has 3 aliphatic heterocycles. The van der Waals surface area contributed by atoms with Crippen LogP contribution in [-0.4, -0.2) is 79.6 Å². The summed E-state index contributed by atoms with van der Waals surface area (Å²) in [6, 6.07) is 0.105. The average molecular weight is 614 g/mol. The number of amides is 2. The van der Waals surface area contributed by atoms with Gasteiger partial charge in [-0.05, 0) is 76.4 Å². The molecular weight excluding hydrogens is 568 g/mol. The van der Waals surface area contributed by atoms with Gasteiger partial charge in [-0.15, -0.1) is 0 Å². The predicted molar refractivity (Wildman–Crippen MR) is 161 cm³/mol. The first-order chi connectivity index (χ1) is 20.9. The van der Waals surface area contributed by atoms with Crippen LogP contribution in [0.5, 0.6) is 0 Å². The third-order valence-corrected chi connectivity index (χ3v) is 9.71. The number of likely N-dealkylation sites (tertiary alicyclic amines) is 1. The van der Waals surface area contributed by atoms with Gasteiger partial charge in [0.05, 0.1) is 18.8 Å². The number of carbonyl (C=O) groups excluding carboxylic acids is 2. The van der Waals surface area contributed by atoms with Gasteiger partial charge in [0, 0.05) is 75.6 Å². The van der Waals surface area contributed by atoms with Gasteiger partial charge < -0.3 is 19.4 Å². The van der Waals surface area contributed by atoms with Crippen LogP contribution in [0.15, 0.2) is 23.7 Å². The average Bonchev–Trinajstić information content (AvgIpc) is 3.58. The lowest BCUT2D eigenvalue weighted by Crippen LogP contribution is -2.42. The Bertz CT molecular complexity index is 1430. The lowest BCUT2D eigenvalue weighted by atomic mass is 9.73. The Morgan fingerprint density at radius 1 is 1.05 bits per heavy atom. The second-order valence-corrected chi connectivity index (χ2v) is 13.8. The van der Waals surface area contributed by atoms with E-state index in [-0.39, 0.29) is 24.0 Å². The zero-order valence-corrected chi connectivity index (χ0v) is 26.6. The van der Waals surface area contributed by atoms with Crippen LogP contribution in [0.1, 0.15) is 95.0 Å². The molecule has 12 heteroatoms. The molecule has 4 aliphatic rings. The number of halogens is 2. The molecule has 0 saturated carbocycles. The van der Waals surface area contributed by atoms with Crippen molar-refractivity contribution < 1.29 is 23.1 Å². The standard InChI is InChI=1S/C32H45F2N7O3/c1-20(42)39-14-10-27-26(19-39)30(36-41(27)23-8-12-38(13-9-23)31(43)44-32(2,3)4)40-11-6-7-21-15-24(22-17-35-37(5)18-22)25(29(33)34)16-28(21)40/h17-18,23-25,29H,6-16,19H2,1-5H3. The van der Waals surface area contributed by atoms with Crippen molar-refractivity contribution in [1.29, 1.82) is 0 Å². The SMILES string of the molecule is CC(=O)N1CCc2c(c(N3CCCC4=C3CC(C(F)F)C(c3cnn(C)c3)C4)nn2C2CCN(C(=O)OC(C)(C)C)CC2)C1. The lowest BCUT2D eigenvalue weighted by Gasteiger charge is -2.41. The molecule has 1 aliphatic carbocycles. The number of rotatable bonds is 4. The number of nitrogens with zero attached hydrogens (tertiary/aromatic N) is 7. The number of hydrogen-bond donors (Lipinski definition) is 0. The summed E-state index contributed by atoms with van der Waals surface area (Å²) in [5.74, 6) is -0.242. The molecule has 5 heterocycles. The molecule has 2 unspecified atom stereocenters. The van der Waals surface area contributed by atoms with Crippen LogP contribution in [-0.2, 0) is 29.5 Å². The second-order valence-electron chi connectivity index (χ2n) is 13.8. The fourth-order valence-corrected chi connectivity index (χ4v) is 7.51. The third-order valence-electron chi connectivity index (χ3n) is 9.71. The highest BCUT2D eigenvalue weighted by molar-refractivity contribution is 5.74. The molecule has 1 saturated heterocycles. The smallest absolute Gasteiger partial charge is 0.410 e. The highest BCUT2D eigenvalue weighted by atomic mass is 19.3. The van der Waals surface area contributed by atoms with Crippen molar-refractivity contribution in [2.24, 2.45) is 13.0 Å². The van der Waals surface area contributed by atoms with Gasteiger partial charge in [-0.3, -0.25) is 14.2 Å². The molecule has 2 amide bonds.